The van der Waals surface area contributed by atoms with E-state index >= 15 is 0 Å². The van der Waals surface area contributed by atoms with Crippen LogP contribution in [0.2, 0.25) is 5.02 Å². The molecule has 1 amide bonds. The number of carbonyl (C=O) groups excluding carboxylic acids is 1. The topological polar surface area (TPSA) is 55.1 Å². The van der Waals surface area contributed by atoms with E-state index in [0.717, 1.165) is 16.8 Å². The molecule has 1 aromatic carbocycles. The Morgan fingerprint density at radius 1 is 1.57 bits per heavy atom. The first-order chi connectivity index (χ1) is 6.63. The van der Waals surface area contributed by atoms with Gasteiger partial charge < -0.3 is 11.1 Å². The number of anilines is 1. The van der Waals surface area contributed by atoms with Gasteiger partial charge in [0, 0.05) is 6.54 Å². The lowest BCUT2D eigenvalue weighted by molar-refractivity contribution is -0.116. The maximum Gasteiger partial charge on any atom is 0.231 e. The van der Waals surface area contributed by atoms with Crippen LogP contribution in [0.5, 0.6) is 0 Å². The minimum absolute atomic E-state index is 0.00364. The average Bonchev–Trinajstić information content (AvgIpc) is 2.45. The van der Waals surface area contributed by atoms with Crippen LogP contribution in [0.4, 0.5) is 5.69 Å². The third kappa shape index (κ3) is 1.29. The van der Waals surface area contributed by atoms with Gasteiger partial charge in [-0.05, 0) is 24.1 Å². The first-order valence-corrected chi connectivity index (χ1v) is 4.84. The van der Waals surface area contributed by atoms with Crippen LogP contribution in [0.25, 0.3) is 0 Å². The van der Waals surface area contributed by atoms with Crippen LogP contribution in [-0.4, -0.2) is 5.91 Å². The number of hydrogen-bond acceptors (Lipinski definition) is 2. The summed E-state index contributed by atoms with van der Waals surface area (Å²) >= 11 is 6.01. The largest absolute Gasteiger partial charge is 0.326 e. The van der Waals surface area contributed by atoms with Crippen LogP contribution in [0.1, 0.15) is 24.0 Å². The van der Waals surface area contributed by atoms with Crippen LogP contribution in [0.3, 0.4) is 0 Å². The Balaban J connectivity index is 2.57. The number of carbonyl (C=O) groups is 1. The summed E-state index contributed by atoms with van der Waals surface area (Å²) in [6.45, 7) is 2.30. The lowest BCUT2D eigenvalue weighted by Crippen LogP contribution is -2.08. The van der Waals surface area contributed by atoms with Crippen molar-refractivity contribution in [1.29, 1.82) is 0 Å². The molecule has 3 N–H and O–H groups in total. The van der Waals surface area contributed by atoms with Crippen molar-refractivity contribution in [3.63, 3.8) is 0 Å². The number of amides is 1. The van der Waals surface area contributed by atoms with E-state index in [4.69, 9.17) is 17.3 Å². The van der Waals surface area contributed by atoms with Gasteiger partial charge in [-0.3, -0.25) is 4.79 Å². The Hall–Kier alpha value is -1.06. The summed E-state index contributed by atoms with van der Waals surface area (Å²) in [4.78, 5) is 11.4. The van der Waals surface area contributed by atoms with E-state index in [0.29, 0.717) is 11.6 Å². The Bertz CT molecular complexity index is 403. The molecular formula is C10H11ClN2O. The van der Waals surface area contributed by atoms with Crippen LogP contribution < -0.4 is 11.1 Å². The first-order valence-electron chi connectivity index (χ1n) is 4.46. The van der Waals surface area contributed by atoms with Crippen LogP contribution in [-0.2, 0) is 11.3 Å². The van der Waals surface area contributed by atoms with Crippen LogP contribution >= 0.6 is 11.6 Å². The van der Waals surface area contributed by atoms with E-state index < -0.39 is 0 Å². The molecule has 1 unspecified atom stereocenters. The predicted octanol–water partition coefficient (Wildman–Crippen LogP) is 1.85. The smallest absolute Gasteiger partial charge is 0.231 e. The predicted molar refractivity (Wildman–Crippen MR) is 56.4 cm³/mol. The van der Waals surface area contributed by atoms with Crippen molar-refractivity contribution < 1.29 is 4.79 Å². The molecule has 1 atom stereocenters. The molecule has 0 saturated carbocycles. The second kappa shape index (κ2) is 3.26. The number of rotatable bonds is 1. The molecule has 0 radical (unpaired) electrons. The van der Waals surface area contributed by atoms with E-state index in [9.17, 15) is 4.79 Å². The van der Waals surface area contributed by atoms with Gasteiger partial charge in [0.2, 0.25) is 5.91 Å². The normalized spacial score (nSPS) is 19.4. The summed E-state index contributed by atoms with van der Waals surface area (Å²) in [5.74, 6) is -0.134. The molecule has 0 bridgehead atoms. The molecule has 0 fully saturated rings. The van der Waals surface area contributed by atoms with Gasteiger partial charge in [0.05, 0.1) is 16.6 Å². The third-order valence-electron chi connectivity index (χ3n) is 2.52. The summed E-state index contributed by atoms with van der Waals surface area (Å²) in [6.07, 6.45) is 0. The van der Waals surface area contributed by atoms with Crippen molar-refractivity contribution in [3.05, 3.63) is 28.3 Å². The molecule has 74 valence electrons. The second-order valence-corrected chi connectivity index (χ2v) is 3.86. The van der Waals surface area contributed by atoms with Crippen molar-refractivity contribution in [2.75, 3.05) is 5.32 Å². The number of nitrogens with two attached hydrogens (primary N) is 1. The zero-order valence-electron chi connectivity index (χ0n) is 7.80. The fraction of sp³-hybridized carbons (Fsp3) is 0.300. The molecule has 1 aromatic rings. The number of hydrogen-bond donors (Lipinski definition) is 2. The van der Waals surface area contributed by atoms with E-state index in [2.05, 4.69) is 5.32 Å². The molecule has 0 aromatic heterocycles. The third-order valence-corrected chi connectivity index (χ3v) is 2.82. The van der Waals surface area contributed by atoms with Crippen LogP contribution in [0, 0.1) is 0 Å². The Kier molecular flexibility index (Phi) is 2.21. The summed E-state index contributed by atoms with van der Waals surface area (Å²) in [5.41, 5.74) is 8.17. The highest BCUT2D eigenvalue weighted by Gasteiger charge is 2.28. The number of benzene rings is 1. The molecule has 14 heavy (non-hydrogen) atoms. The molecular weight excluding hydrogens is 200 g/mol. The average molecular weight is 211 g/mol. The number of halogens is 1. The van der Waals surface area contributed by atoms with E-state index in [1.165, 1.54) is 0 Å². The highest BCUT2D eigenvalue weighted by atomic mass is 35.5. The van der Waals surface area contributed by atoms with Crippen molar-refractivity contribution in [3.8, 4) is 0 Å². The summed E-state index contributed by atoms with van der Waals surface area (Å²) in [7, 11) is 0. The van der Waals surface area contributed by atoms with Crippen LogP contribution in [0.15, 0.2) is 12.1 Å². The van der Waals surface area contributed by atoms with E-state index in [-0.39, 0.29) is 11.8 Å². The highest BCUT2D eigenvalue weighted by Crippen LogP contribution is 2.38. The van der Waals surface area contributed by atoms with Crippen molar-refractivity contribution >= 4 is 23.2 Å². The standard InChI is InChI=1S/C10H11ClN2O/c1-5-7-2-6(4-12)3-8(11)9(7)13-10(5)14/h2-3,5H,4,12H2,1H3,(H,13,14). The summed E-state index contributed by atoms with van der Waals surface area (Å²) in [5, 5.41) is 3.33. The fourth-order valence-corrected chi connectivity index (χ4v) is 1.95. The molecule has 0 aliphatic carbocycles. The number of fused-ring (bicyclic) bond motifs is 1. The Morgan fingerprint density at radius 2 is 2.29 bits per heavy atom. The van der Waals surface area contributed by atoms with Gasteiger partial charge in [0.15, 0.2) is 0 Å². The molecule has 1 aliphatic heterocycles. The van der Waals surface area contributed by atoms with Gasteiger partial charge in [-0.15, -0.1) is 0 Å². The molecule has 3 nitrogen and oxygen atoms in total. The zero-order valence-corrected chi connectivity index (χ0v) is 8.56. The zero-order chi connectivity index (χ0) is 10.3. The summed E-state index contributed by atoms with van der Waals surface area (Å²) in [6, 6.07) is 3.72. The minimum atomic E-state index is -0.131. The number of nitrogens with one attached hydrogen (secondary N) is 1. The van der Waals surface area contributed by atoms with Gasteiger partial charge in [0.1, 0.15) is 0 Å². The molecule has 1 heterocycles. The minimum Gasteiger partial charge on any atom is -0.326 e. The lowest BCUT2D eigenvalue weighted by Gasteiger charge is -2.06. The van der Waals surface area contributed by atoms with E-state index in [1.54, 1.807) is 6.07 Å². The Labute approximate surface area is 87.2 Å². The van der Waals surface area contributed by atoms with Crippen molar-refractivity contribution in [2.45, 2.75) is 19.4 Å². The quantitative estimate of drug-likeness (QED) is 0.744. The first kappa shape index (κ1) is 9.49. The fourth-order valence-electron chi connectivity index (χ4n) is 1.65. The van der Waals surface area contributed by atoms with Crippen molar-refractivity contribution in [1.82, 2.24) is 0 Å². The Morgan fingerprint density at radius 3 is 2.93 bits per heavy atom. The van der Waals surface area contributed by atoms with Gasteiger partial charge >= 0.3 is 0 Å². The monoisotopic (exact) mass is 210 g/mol. The SMILES string of the molecule is CC1C(=O)Nc2c(Cl)cc(CN)cc21. The molecule has 4 heteroatoms. The van der Waals surface area contributed by atoms with Gasteiger partial charge in [-0.25, -0.2) is 0 Å². The molecule has 0 saturated heterocycles. The molecule has 2 rings (SSSR count). The van der Waals surface area contributed by atoms with Gasteiger partial charge in [-0.1, -0.05) is 17.7 Å². The van der Waals surface area contributed by atoms with E-state index in [1.807, 2.05) is 13.0 Å². The van der Waals surface area contributed by atoms with Gasteiger partial charge in [-0.2, -0.15) is 0 Å². The second-order valence-electron chi connectivity index (χ2n) is 3.46. The maximum atomic E-state index is 11.4. The molecule has 0 spiro atoms. The summed E-state index contributed by atoms with van der Waals surface area (Å²) < 4.78 is 0. The van der Waals surface area contributed by atoms with Gasteiger partial charge in [0.25, 0.3) is 0 Å². The highest BCUT2D eigenvalue weighted by molar-refractivity contribution is 6.34. The maximum absolute atomic E-state index is 11.4. The van der Waals surface area contributed by atoms with Crippen molar-refractivity contribution in [2.24, 2.45) is 5.73 Å². The molecule has 1 aliphatic rings. The lowest BCUT2D eigenvalue weighted by atomic mass is 10.0.